The molecule has 1 aromatic rings. The second kappa shape index (κ2) is 8.84. The maximum Gasteiger partial charge on any atom is 0.251 e. The van der Waals surface area contributed by atoms with Gasteiger partial charge in [-0.05, 0) is 37.5 Å². The summed E-state index contributed by atoms with van der Waals surface area (Å²) in [5, 5.41) is 8.95. The number of carbonyl (C=O) groups excluding carboxylic acids is 1. The summed E-state index contributed by atoms with van der Waals surface area (Å²) < 4.78 is 23.1. The van der Waals surface area contributed by atoms with Gasteiger partial charge in [0.25, 0.3) is 5.91 Å². The third-order valence-corrected chi connectivity index (χ3v) is 5.77. The van der Waals surface area contributed by atoms with Gasteiger partial charge < -0.3 is 16.0 Å². The van der Waals surface area contributed by atoms with Crippen LogP contribution in [-0.4, -0.2) is 58.0 Å². The normalized spacial score (nSPS) is 19.4. The van der Waals surface area contributed by atoms with Gasteiger partial charge >= 0.3 is 0 Å². The van der Waals surface area contributed by atoms with Crippen LogP contribution in [0.3, 0.4) is 0 Å². The summed E-state index contributed by atoms with van der Waals surface area (Å²) in [5.41, 5.74) is 1.66. The number of guanidine groups is 1. The van der Waals surface area contributed by atoms with Crippen molar-refractivity contribution < 1.29 is 13.2 Å². The minimum atomic E-state index is -2.92. The van der Waals surface area contributed by atoms with Gasteiger partial charge in [0.15, 0.2) is 15.8 Å². The number of hydrogen-bond acceptors (Lipinski definition) is 4. The number of aliphatic imine (C=N–C) groups is 1. The van der Waals surface area contributed by atoms with Gasteiger partial charge in [-0.25, -0.2) is 8.42 Å². The third kappa shape index (κ3) is 6.04. The summed E-state index contributed by atoms with van der Waals surface area (Å²) >= 11 is 0. The van der Waals surface area contributed by atoms with Crippen molar-refractivity contribution in [1.82, 2.24) is 16.0 Å². The zero-order valence-corrected chi connectivity index (χ0v) is 15.5. The summed E-state index contributed by atoms with van der Waals surface area (Å²) in [6.07, 6.45) is 1.31. The van der Waals surface area contributed by atoms with Crippen molar-refractivity contribution in [1.29, 1.82) is 0 Å². The zero-order chi connectivity index (χ0) is 18.3. The van der Waals surface area contributed by atoms with E-state index in [9.17, 15) is 13.2 Å². The van der Waals surface area contributed by atoms with Crippen LogP contribution in [0.25, 0.3) is 0 Å². The van der Waals surface area contributed by atoms with Gasteiger partial charge in [0.1, 0.15) is 0 Å². The van der Waals surface area contributed by atoms with E-state index in [-0.39, 0.29) is 23.5 Å². The van der Waals surface area contributed by atoms with Crippen molar-refractivity contribution in [2.45, 2.75) is 25.8 Å². The fourth-order valence-electron chi connectivity index (χ4n) is 2.73. The van der Waals surface area contributed by atoms with E-state index in [1.165, 1.54) is 0 Å². The van der Waals surface area contributed by atoms with Crippen molar-refractivity contribution >= 4 is 21.7 Å². The highest BCUT2D eigenvalue weighted by Gasteiger charge is 2.28. The summed E-state index contributed by atoms with van der Waals surface area (Å²) in [4.78, 5) is 16.2. The summed E-state index contributed by atoms with van der Waals surface area (Å²) in [5.74, 6) is 0.914. The highest BCUT2D eigenvalue weighted by Crippen LogP contribution is 2.11. The Labute approximate surface area is 149 Å². The monoisotopic (exact) mass is 366 g/mol. The number of carbonyl (C=O) groups is 1. The second-order valence-corrected chi connectivity index (χ2v) is 8.26. The van der Waals surface area contributed by atoms with Crippen LogP contribution in [0.2, 0.25) is 0 Å². The quantitative estimate of drug-likeness (QED) is 0.498. The van der Waals surface area contributed by atoms with E-state index in [0.29, 0.717) is 37.5 Å². The van der Waals surface area contributed by atoms with Crippen molar-refractivity contribution in [3.05, 3.63) is 35.4 Å². The van der Waals surface area contributed by atoms with Gasteiger partial charge in [-0.2, -0.15) is 0 Å². The standard InChI is InChI=1S/C17H26N4O3S/c1-3-19-17(21-15-8-10-25(23,24)12-15)20-9-7-13-5-4-6-14(11-13)16(22)18-2/h4-6,11,15H,3,7-10,12H2,1-2H3,(H,18,22)(H2,19,20,21). The Kier molecular flexibility index (Phi) is 6.81. The van der Waals surface area contributed by atoms with Crippen molar-refractivity contribution in [2.75, 3.05) is 31.6 Å². The zero-order valence-electron chi connectivity index (χ0n) is 14.7. The summed E-state index contributed by atoms with van der Waals surface area (Å²) in [6, 6.07) is 7.37. The van der Waals surface area contributed by atoms with Gasteiger partial charge in [0.05, 0.1) is 11.5 Å². The van der Waals surface area contributed by atoms with Crippen LogP contribution in [-0.2, 0) is 16.3 Å². The summed E-state index contributed by atoms with van der Waals surface area (Å²) in [6.45, 7) is 3.22. The molecule has 3 N–H and O–H groups in total. The second-order valence-electron chi connectivity index (χ2n) is 6.03. The average molecular weight is 366 g/mol. The molecular formula is C17H26N4O3S. The van der Waals surface area contributed by atoms with Crippen molar-refractivity contribution in [2.24, 2.45) is 4.99 Å². The minimum Gasteiger partial charge on any atom is -0.357 e. The predicted octanol–water partition coefficient (Wildman–Crippen LogP) is 0.331. The number of hydrogen-bond donors (Lipinski definition) is 3. The van der Waals surface area contributed by atoms with Gasteiger partial charge in [-0.15, -0.1) is 0 Å². The number of sulfone groups is 1. The topological polar surface area (TPSA) is 99.7 Å². The van der Waals surface area contributed by atoms with Crippen molar-refractivity contribution in [3.63, 3.8) is 0 Å². The number of nitrogens with zero attached hydrogens (tertiary/aromatic N) is 1. The molecular weight excluding hydrogens is 340 g/mol. The van der Waals surface area contributed by atoms with E-state index in [1.807, 2.05) is 25.1 Å². The molecule has 1 saturated heterocycles. The molecule has 1 aliphatic heterocycles. The first-order chi connectivity index (χ1) is 11.9. The molecule has 1 aliphatic rings. The molecule has 25 heavy (non-hydrogen) atoms. The number of benzene rings is 1. The van der Waals surface area contributed by atoms with Crippen LogP contribution in [0.4, 0.5) is 0 Å². The Balaban J connectivity index is 1.94. The molecule has 0 saturated carbocycles. The van der Waals surface area contributed by atoms with E-state index in [0.717, 1.165) is 5.56 Å². The minimum absolute atomic E-state index is 0.0839. The Morgan fingerprint density at radius 1 is 1.36 bits per heavy atom. The molecule has 1 fully saturated rings. The number of amides is 1. The first-order valence-corrected chi connectivity index (χ1v) is 10.3. The van der Waals surface area contributed by atoms with E-state index in [1.54, 1.807) is 13.1 Å². The Morgan fingerprint density at radius 3 is 2.80 bits per heavy atom. The smallest absolute Gasteiger partial charge is 0.251 e. The van der Waals surface area contributed by atoms with Gasteiger partial charge in [-0.3, -0.25) is 9.79 Å². The van der Waals surface area contributed by atoms with Crippen LogP contribution >= 0.6 is 0 Å². The number of rotatable bonds is 6. The van der Waals surface area contributed by atoms with Crippen molar-refractivity contribution in [3.8, 4) is 0 Å². The summed E-state index contributed by atoms with van der Waals surface area (Å²) in [7, 11) is -1.31. The molecule has 1 heterocycles. The highest BCUT2D eigenvalue weighted by molar-refractivity contribution is 7.91. The molecule has 0 radical (unpaired) electrons. The van der Waals surface area contributed by atoms with Crippen LogP contribution in [0, 0.1) is 0 Å². The fourth-order valence-corrected chi connectivity index (χ4v) is 4.40. The largest absolute Gasteiger partial charge is 0.357 e. The number of nitrogens with one attached hydrogen (secondary N) is 3. The molecule has 0 aromatic heterocycles. The lowest BCUT2D eigenvalue weighted by molar-refractivity contribution is 0.0963. The molecule has 2 rings (SSSR count). The van der Waals surface area contributed by atoms with E-state index in [2.05, 4.69) is 20.9 Å². The Hall–Kier alpha value is -2.09. The molecule has 0 spiro atoms. The van der Waals surface area contributed by atoms with Crippen LogP contribution < -0.4 is 16.0 Å². The average Bonchev–Trinajstić information content (AvgIpc) is 2.93. The first-order valence-electron chi connectivity index (χ1n) is 8.50. The lowest BCUT2D eigenvalue weighted by atomic mass is 10.1. The molecule has 1 aromatic carbocycles. The molecule has 138 valence electrons. The van der Waals surface area contributed by atoms with Crippen LogP contribution in [0.15, 0.2) is 29.3 Å². The molecule has 0 bridgehead atoms. The maximum absolute atomic E-state index is 11.7. The Bertz CT molecular complexity index is 731. The SMILES string of the molecule is CCNC(=NCCc1cccc(C(=O)NC)c1)NC1CCS(=O)(=O)C1. The maximum atomic E-state index is 11.7. The predicted molar refractivity (Wildman–Crippen MR) is 99.7 cm³/mol. The highest BCUT2D eigenvalue weighted by atomic mass is 32.2. The molecule has 1 unspecified atom stereocenters. The van der Waals surface area contributed by atoms with E-state index >= 15 is 0 Å². The molecule has 1 atom stereocenters. The molecule has 1 amide bonds. The lowest BCUT2D eigenvalue weighted by Crippen LogP contribution is -2.44. The third-order valence-electron chi connectivity index (χ3n) is 4.00. The Morgan fingerprint density at radius 2 is 2.16 bits per heavy atom. The molecule has 7 nitrogen and oxygen atoms in total. The first kappa shape index (κ1) is 19.2. The van der Waals surface area contributed by atoms with Crippen LogP contribution in [0.5, 0.6) is 0 Å². The molecule has 0 aliphatic carbocycles. The van der Waals surface area contributed by atoms with E-state index < -0.39 is 9.84 Å². The van der Waals surface area contributed by atoms with Gasteiger partial charge in [0, 0.05) is 31.7 Å². The lowest BCUT2D eigenvalue weighted by Gasteiger charge is -2.15. The molecule has 8 heteroatoms. The fraction of sp³-hybridized carbons (Fsp3) is 0.529. The van der Waals surface area contributed by atoms with Gasteiger partial charge in [0.2, 0.25) is 0 Å². The van der Waals surface area contributed by atoms with Crippen LogP contribution in [0.1, 0.15) is 29.3 Å². The van der Waals surface area contributed by atoms with E-state index in [4.69, 9.17) is 0 Å². The van der Waals surface area contributed by atoms with Gasteiger partial charge in [-0.1, -0.05) is 12.1 Å².